The van der Waals surface area contributed by atoms with Crippen LogP contribution in [-0.4, -0.2) is 17.5 Å². The number of ether oxygens (including phenoxy) is 1. The van der Waals surface area contributed by atoms with E-state index in [1.54, 1.807) is 20.8 Å². The van der Waals surface area contributed by atoms with Crippen LogP contribution in [-0.2, 0) is 9.57 Å². The van der Waals surface area contributed by atoms with Crippen LogP contribution in [0.2, 0.25) is 0 Å². The molecule has 0 unspecified atom stereocenters. The quantitative estimate of drug-likeness (QED) is 0.370. The van der Waals surface area contributed by atoms with Crippen LogP contribution in [0.4, 0.5) is 4.79 Å². The number of nitrogens with zero attached hydrogens (tertiary/aromatic N) is 1. The van der Waals surface area contributed by atoms with E-state index in [-0.39, 0.29) is 0 Å². The van der Waals surface area contributed by atoms with Gasteiger partial charge in [0.1, 0.15) is 5.60 Å². The van der Waals surface area contributed by atoms with Crippen LogP contribution in [0.25, 0.3) is 0 Å². The zero-order valence-corrected chi connectivity index (χ0v) is 9.00. The van der Waals surface area contributed by atoms with Crippen LogP contribution < -0.4 is 0 Å². The van der Waals surface area contributed by atoms with Crippen molar-refractivity contribution in [1.29, 1.82) is 0 Å². The minimum atomic E-state index is -0.725. The van der Waals surface area contributed by atoms with Gasteiger partial charge in [-0.3, -0.25) is 4.84 Å². The van der Waals surface area contributed by atoms with Gasteiger partial charge in [-0.05, 0) is 46.5 Å². The zero-order valence-electron chi connectivity index (χ0n) is 9.00. The molecule has 0 aromatic heterocycles. The highest BCUT2D eigenvalue weighted by atomic mass is 16.8. The number of oxime groups is 1. The van der Waals surface area contributed by atoms with Crippen molar-refractivity contribution in [3.05, 3.63) is 0 Å². The van der Waals surface area contributed by atoms with Crippen molar-refractivity contribution in [3.8, 4) is 0 Å². The smallest absolute Gasteiger partial charge is 0.427 e. The Hall–Kier alpha value is -1.06. The molecule has 1 aliphatic carbocycles. The normalized spacial score (nSPS) is 16.6. The van der Waals surface area contributed by atoms with E-state index < -0.39 is 11.8 Å². The first kappa shape index (κ1) is 11.0. The number of hydrogen-bond donors (Lipinski definition) is 0. The van der Waals surface area contributed by atoms with Gasteiger partial charge in [-0.2, -0.15) is 0 Å². The Morgan fingerprint density at radius 2 is 1.86 bits per heavy atom. The highest BCUT2D eigenvalue weighted by Crippen LogP contribution is 2.15. The summed E-state index contributed by atoms with van der Waals surface area (Å²) in [6.07, 6.45) is 3.41. The lowest BCUT2D eigenvalue weighted by Gasteiger charge is -2.17. The number of hydrogen-bond acceptors (Lipinski definition) is 4. The molecule has 80 valence electrons. The Morgan fingerprint density at radius 1 is 1.29 bits per heavy atom. The van der Waals surface area contributed by atoms with Gasteiger partial charge in [0.25, 0.3) is 0 Å². The Balaban J connectivity index is 2.30. The van der Waals surface area contributed by atoms with Crippen molar-refractivity contribution >= 4 is 11.9 Å². The highest BCUT2D eigenvalue weighted by Gasteiger charge is 2.18. The molecule has 0 aromatic rings. The molecule has 14 heavy (non-hydrogen) atoms. The predicted octanol–water partition coefficient (Wildman–Crippen LogP) is 2.87. The molecule has 4 heteroatoms. The molecule has 1 saturated carbocycles. The molecule has 0 bridgehead atoms. The van der Waals surface area contributed by atoms with E-state index in [1.807, 2.05) is 0 Å². The van der Waals surface area contributed by atoms with E-state index in [4.69, 9.17) is 4.74 Å². The lowest BCUT2D eigenvalue weighted by Crippen LogP contribution is -2.23. The summed E-state index contributed by atoms with van der Waals surface area (Å²) in [4.78, 5) is 15.7. The van der Waals surface area contributed by atoms with Crippen molar-refractivity contribution in [2.24, 2.45) is 5.16 Å². The second-order valence-corrected chi connectivity index (χ2v) is 4.42. The lowest BCUT2D eigenvalue weighted by atomic mass is 10.2. The van der Waals surface area contributed by atoms with E-state index in [9.17, 15) is 4.79 Å². The van der Waals surface area contributed by atoms with Crippen LogP contribution in [0, 0.1) is 0 Å². The summed E-state index contributed by atoms with van der Waals surface area (Å²) in [5.41, 5.74) is 0.434. The van der Waals surface area contributed by atoms with Gasteiger partial charge < -0.3 is 4.74 Å². The molecule has 0 amide bonds. The SMILES string of the molecule is CC(C)(C)OC(=O)ON=C1CCCC1. The monoisotopic (exact) mass is 199 g/mol. The molecule has 0 aliphatic heterocycles. The van der Waals surface area contributed by atoms with E-state index >= 15 is 0 Å². The topological polar surface area (TPSA) is 47.9 Å². The maximum atomic E-state index is 11.1. The summed E-state index contributed by atoms with van der Waals surface area (Å²) in [7, 11) is 0. The number of rotatable bonds is 1. The van der Waals surface area contributed by atoms with Crippen LogP contribution in [0.5, 0.6) is 0 Å². The molecule has 0 radical (unpaired) electrons. The second kappa shape index (κ2) is 4.44. The van der Waals surface area contributed by atoms with E-state index in [1.165, 1.54) is 0 Å². The van der Waals surface area contributed by atoms with Crippen LogP contribution in [0.1, 0.15) is 46.5 Å². The van der Waals surface area contributed by atoms with Gasteiger partial charge in [0, 0.05) is 0 Å². The van der Waals surface area contributed by atoms with E-state index in [2.05, 4.69) is 9.99 Å². The van der Waals surface area contributed by atoms with Crippen LogP contribution >= 0.6 is 0 Å². The van der Waals surface area contributed by atoms with Crippen molar-refractivity contribution in [2.45, 2.75) is 52.1 Å². The molecule has 0 saturated heterocycles. The third kappa shape index (κ3) is 4.25. The zero-order chi connectivity index (χ0) is 10.6. The average Bonchev–Trinajstić information content (AvgIpc) is 2.49. The minimum absolute atomic E-state index is 0.521. The third-order valence-corrected chi connectivity index (χ3v) is 1.82. The summed E-state index contributed by atoms with van der Waals surface area (Å²) in [5.74, 6) is 0. The van der Waals surface area contributed by atoms with Gasteiger partial charge in [0.15, 0.2) is 0 Å². The summed E-state index contributed by atoms with van der Waals surface area (Å²) in [6, 6.07) is 0. The van der Waals surface area contributed by atoms with Crippen molar-refractivity contribution in [2.75, 3.05) is 0 Å². The van der Waals surface area contributed by atoms with Crippen molar-refractivity contribution in [3.63, 3.8) is 0 Å². The largest absolute Gasteiger partial charge is 0.535 e. The molecule has 0 heterocycles. The minimum Gasteiger partial charge on any atom is -0.427 e. The van der Waals surface area contributed by atoms with Gasteiger partial charge in [-0.25, -0.2) is 4.79 Å². The molecule has 0 spiro atoms. The molecular weight excluding hydrogens is 182 g/mol. The van der Waals surface area contributed by atoms with Gasteiger partial charge in [-0.1, -0.05) is 5.16 Å². The van der Waals surface area contributed by atoms with Crippen molar-refractivity contribution in [1.82, 2.24) is 0 Å². The Morgan fingerprint density at radius 3 is 2.36 bits per heavy atom. The number of carbonyl (C=O) groups excluding carboxylic acids is 1. The lowest BCUT2D eigenvalue weighted by molar-refractivity contribution is -0.00634. The van der Waals surface area contributed by atoms with Gasteiger partial charge >= 0.3 is 6.16 Å². The summed E-state index contributed by atoms with van der Waals surface area (Å²) in [6.45, 7) is 5.37. The molecule has 0 aromatic carbocycles. The third-order valence-electron chi connectivity index (χ3n) is 1.82. The highest BCUT2D eigenvalue weighted by molar-refractivity contribution is 5.86. The van der Waals surface area contributed by atoms with Crippen LogP contribution in [0.3, 0.4) is 0 Å². The second-order valence-electron chi connectivity index (χ2n) is 4.42. The standard InChI is InChI=1S/C10H17NO3/c1-10(2,3)13-9(12)14-11-8-6-4-5-7-8/h4-7H2,1-3H3. The molecule has 0 N–H and O–H groups in total. The van der Waals surface area contributed by atoms with Crippen LogP contribution in [0.15, 0.2) is 5.16 Å². The summed E-state index contributed by atoms with van der Waals surface area (Å²) < 4.78 is 4.93. The molecule has 1 fully saturated rings. The van der Waals surface area contributed by atoms with Gasteiger partial charge in [0.2, 0.25) is 0 Å². The van der Waals surface area contributed by atoms with Gasteiger partial charge in [0.05, 0.1) is 5.71 Å². The number of carbonyl (C=O) groups is 1. The Kier molecular flexibility index (Phi) is 3.49. The van der Waals surface area contributed by atoms with E-state index in [0.717, 1.165) is 31.4 Å². The molecule has 0 atom stereocenters. The fourth-order valence-electron chi connectivity index (χ4n) is 1.24. The summed E-state index contributed by atoms with van der Waals surface area (Å²) in [5, 5.41) is 3.75. The first-order valence-electron chi connectivity index (χ1n) is 4.93. The first-order chi connectivity index (χ1) is 6.47. The van der Waals surface area contributed by atoms with E-state index in [0.29, 0.717) is 0 Å². The molecule has 1 aliphatic rings. The predicted molar refractivity (Wildman–Crippen MR) is 53.2 cm³/mol. The molecule has 4 nitrogen and oxygen atoms in total. The molecular formula is C10H17NO3. The maximum absolute atomic E-state index is 11.1. The fraction of sp³-hybridized carbons (Fsp3) is 0.800. The first-order valence-corrected chi connectivity index (χ1v) is 4.93. The Labute approximate surface area is 84.3 Å². The summed E-state index contributed by atoms with van der Waals surface area (Å²) >= 11 is 0. The van der Waals surface area contributed by atoms with Crippen molar-refractivity contribution < 1.29 is 14.4 Å². The van der Waals surface area contributed by atoms with Gasteiger partial charge in [-0.15, -0.1) is 0 Å². The Bertz CT molecular complexity index is 232. The maximum Gasteiger partial charge on any atom is 0.535 e. The average molecular weight is 199 g/mol. The molecule has 1 rings (SSSR count). The fourth-order valence-corrected chi connectivity index (χ4v) is 1.24.